The maximum absolute atomic E-state index is 11.3. The first-order valence-electron chi connectivity index (χ1n) is 4.60. The van der Waals surface area contributed by atoms with E-state index in [2.05, 4.69) is 15.3 Å². The van der Waals surface area contributed by atoms with Crippen molar-refractivity contribution in [2.24, 2.45) is 5.73 Å². The van der Waals surface area contributed by atoms with Crippen LogP contribution in [0.2, 0.25) is 0 Å². The van der Waals surface area contributed by atoms with E-state index in [1.807, 2.05) is 0 Å². The average molecular weight is 226 g/mol. The highest BCUT2D eigenvalue weighted by Gasteiger charge is 2.11. The molecule has 1 atom stereocenters. The summed E-state index contributed by atoms with van der Waals surface area (Å²) < 4.78 is 9.85. The van der Waals surface area contributed by atoms with E-state index in [1.54, 1.807) is 6.92 Å². The molecule has 0 unspecified atom stereocenters. The smallest absolute Gasteiger partial charge is 0.243 e. The number of carbonyl (C=O) groups excluding carboxylic acids is 1. The lowest BCUT2D eigenvalue weighted by molar-refractivity contribution is -0.117. The van der Waals surface area contributed by atoms with Crippen molar-refractivity contribution in [2.75, 3.05) is 19.5 Å². The van der Waals surface area contributed by atoms with Crippen LogP contribution in [0.25, 0.3) is 0 Å². The molecule has 1 rings (SSSR count). The number of amides is 1. The van der Waals surface area contributed by atoms with Crippen LogP contribution in [0.15, 0.2) is 6.07 Å². The second-order valence-corrected chi connectivity index (χ2v) is 3.05. The molecule has 3 N–H and O–H groups in total. The highest BCUT2D eigenvalue weighted by Crippen LogP contribution is 2.17. The summed E-state index contributed by atoms with van der Waals surface area (Å²) in [7, 11) is 2.91. The van der Waals surface area contributed by atoms with E-state index in [0.717, 1.165) is 0 Å². The van der Waals surface area contributed by atoms with E-state index in [0.29, 0.717) is 11.8 Å². The zero-order valence-corrected chi connectivity index (χ0v) is 9.35. The van der Waals surface area contributed by atoms with Crippen LogP contribution in [0.1, 0.15) is 6.92 Å². The van der Waals surface area contributed by atoms with E-state index in [4.69, 9.17) is 15.2 Å². The van der Waals surface area contributed by atoms with Crippen molar-refractivity contribution in [3.8, 4) is 11.8 Å². The van der Waals surface area contributed by atoms with Crippen LogP contribution in [-0.4, -0.2) is 36.1 Å². The van der Waals surface area contributed by atoms with Gasteiger partial charge in [0, 0.05) is 0 Å². The fraction of sp³-hybridized carbons (Fsp3) is 0.444. The fourth-order valence-electron chi connectivity index (χ4n) is 0.893. The summed E-state index contributed by atoms with van der Waals surface area (Å²) in [6.07, 6.45) is 0. The summed E-state index contributed by atoms with van der Waals surface area (Å²) in [5, 5.41) is 2.44. The Balaban J connectivity index is 2.91. The topological polar surface area (TPSA) is 99.4 Å². The van der Waals surface area contributed by atoms with Gasteiger partial charge in [0.15, 0.2) is 0 Å². The lowest BCUT2D eigenvalue weighted by Crippen LogP contribution is -2.33. The number of hydrogen-bond donors (Lipinski definition) is 2. The number of aromatic nitrogens is 2. The van der Waals surface area contributed by atoms with Crippen LogP contribution in [0.4, 0.5) is 5.95 Å². The van der Waals surface area contributed by atoms with Crippen LogP contribution >= 0.6 is 0 Å². The standard InChI is InChI=1S/C9H14N4O3/c1-5(10)8(14)13-9-11-6(15-2)4-7(12-9)16-3/h4-5H,10H2,1-3H3,(H,11,12,13,14)/t5-/m0/s1. The maximum atomic E-state index is 11.3. The third kappa shape index (κ3) is 3.06. The van der Waals surface area contributed by atoms with Crippen molar-refractivity contribution in [1.29, 1.82) is 0 Å². The number of ether oxygens (including phenoxy) is 2. The van der Waals surface area contributed by atoms with Gasteiger partial charge in [-0.1, -0.05) is 0 Å². The number of nitrogens with zero attached hydrogens (tertiary/aromatic N) is 2. The van der Waals surface area contributed by atoms with Gasteiger partial charge in [0.1, 0.15) is 0 Å². The van der Waals surface area contributed by atoms with E-state index >= 15 is 0 Å². The molecule has 7 heteroatoms. The van der Waals surface area contributed by atoms with Crippen molar-refractivity contribution in [1.82, 2.24) is 9.97 Å². The molecule has 0 radical (unpaired) electrons. The molecule has 1 aromatic rings. The number of nitrogens with one attached hydrogen (secondary N) is 1. The Hall–Kier alpha value is -1.89. The van der Waals surface area contributed by atoms with Crippen LogP contribution < -0.4 is 20.5 Å². The van der Waals surface area contributed by atoms with Crippen LogP contribution in [0.3, 0.4) is 0 Å². The minimum Gasteiger partial charge on any atom is -0.481 e. The number of carbonyl (C=O) groups is 1. The quantitative estimate of drug-likeness (QED) is 0.736. The Kier molecular flexibility index (Phi) is 4.01. The molecule has 0 saturated carbocycles. The molecule has 1 amide bonds. The molecule has 1 heterocycles. The van der Waals surface area contributed by atoms with E-state index < -0.39 is 6.04 Å². The van der Waals surface area contributed by atoms with Crippen molar-refractivity contribution in [3.63, 3.8) is 0 Å². The second kappa shape index (κ2) is 5.26. The molecule has 1 aromatic heterocycles. The highest BCUT2D eigenvalue weighted by atomic mass is 16.5. The SMILES string of the molecule is COc1cc(OC)nc(NC(=O)[C@H](C)N)n1. The summed E-state index contributed by atoms with van der Waals surface area (Å²) in [5.74, 6) is 0.312. The molecule has 0 spiro atoms. The highest BCUT2D eigenvalue weighted by molar-refractivity contribution is 5.92. The second-order valence-electron chi connectivity index (χ2n) is 3.05. The summed E-state index contributed by atoms with van der Waals surface area (Å²) >= 11 is 0. The molecule has 0 bridgehead atoms. The predicted molar refractivity (Wildman–Crippen MR) is 57.4 cm³/mol. The van der Waals surface area contributed by atoms with Crippen LogP contribution in [-0.2, 0) is 4.79 Å². The largest absolute Gasteiger partial charge is 0.481 e. The Morgan fingerprint density at radius 1 is 1.38 bits per heavy atom. The zero-order valence-electron chi connectivity index (χ0n) is 9.35. The monoisotopic (exact) mass is 226 g/mol. The van der Waals surface area contributed by atoms with Gasteiger partial charge in [0.2, 0.25) is 23.6 Å². The van der Waals surface area contributed by atoms with Crippen molar-refractivity contribution in [3.05, 3.63) is 6.07 Å². The first-order chi connectivity index (χ1) is 7.56. The molecular weight excluding hydrogens is 212 g/mol. The van der Waals surface area contributed by atoms with Crippen molar-refractivity contribution >= 4 is 11.9 Å². The van der Waals surface area contributed by atoms with Gasteiger partial charge in [-0.25, -0.2) is 0 Å². The lowest BCUT2D eigenvalue weighted by atomic mass is 10.3. The van der Waals surface area contributed by atoms with Crippen molar-refractivity contribution < 1.29 is 14.3 Å². The number of nitrogens with two attached hydrogens (primary N) is 1. The number of anilines is 1. The van der Waals surface area contributed by atoms with Gasteiger partial charge in [-0.3, -0.25) is 10.1 Å². The predicted octanol–water partition coefficient (Wildman–Crippen LogP) is -0.220. The summed E-state index contributed by atoms with van der Waals surface area (Å²) in [4.78, 5) is 19.2. The molecular formula is C9H14N4O3. The lowest BCUT2D eigenvalue weighted by Gasteiger charge is -2.08. The summed E-state index contributed by atoms with van der Waals surface area (Å²) in [6.45, 7) is 1.56. The molecule has 0 fully saturated rings. The molecule has 0 aromatic carbocycles. The zero-order chi connectivity index (χ0) is 12.1. The van der Waals surface area contributed by atoms with E-state index in [9.17, 15) is 4.79 Å². The van der Waals surface area contributed by atoms with E-state index in [1.165, 1.54) is 20.3 Å². The van der Waals surface area contributed by atoms with Gasteiger partial charge >= 0.3 is 0 Å². The van der Waals surface area contributed by atoms with Gasteiger partial charge in [-0.15, -0.1) is 0 Å². The normalized spacial score (nSPS) is 11.8. The molecule has 0 aliphatic rings. The van der Waals surface area contributed by atoms with E-state index in [-0.39, 0.29) is 11.9 Å². The first kappa shape index (κ1) is 12.2. The first-order valence-corrected chi connectivity index (χ1v) is 4.60. The Morgan fingerprint density at radius 2 is 1.88 bits per heavy atom. The molecule has 88 valence electrons. The number of rotatable bonds is 4. The molecule has 0 saturated heterocycles. The van der Waals surface area contributed by atoms with Crippen molar-refractivity contribution in [2.45, 2.75) is 13.0 Å². The minimum absolute atomic E-state index is 0.0958. The number of hydrogen-bond acceptors (Lipinski definition) is 6. The molecule has 16 heavy (non-hydrogen) atoms. The minimum atomic E-state index is -0.638. The summed E-state index contributed by atoms with van der Waals surface area (Å²) in [5.41, 5.74) is 5.39. The van der Waals surface area contributed by atoms with Gasteiger partial charge in [-0.05, 0) is 6.92 Å². The van der Waals surface area contributed by atoms with Gasteiger partial charge in [0.25, 0.3) is 0 Å². The molecule has 7 nitrogen and oxygen atoms in total. The molecule has 0 aliphatic heterocycles. The van der Waals surface area contributed by atoms with Crippen LogP contribution in [0.5, 0.6) is 11.8 Å². The van der Waals surface area contributed by atoms with Gasteiger partial charge < -0.3 is 15.2 Å². The number of methoxy groups -OCH3 is 2. The summed E-state index contributed by atoms with van der Waals surface area (Å²) in [6, 6.07) is 0.863. The fourth-order valence-corrected chi connectivity index (χ4v) is 0.893. The Morgan fingerprint density at radius 3 is 2.25 bits per heavy atom. The maximum Gasteiger partial charge on any atom is 0.243 e. The third-order valence-corrected chi connectivity index (χ3v) is 1.75. The average Bonchev–Trinajstić information content (AvgIpc) is 2.28. The van der Waals surface area contributed by atoms with Crippen LogP contribution in [0, 0.1) is 0 Å². The van der Waals surface area contributed by atoms with Gasteiger partial charge in [0.05, 0.1) is 26.3 Å². The third-order valence-electron chi connectivity index (χ3n) is 1.75. The van der Waals surface area contributed by atoms with Gasteiger partial charge in [-0.2, -0.15) is 9.97 Å². The molecule has 0 aliphatic carbocycles. The Bertz CT molecular complexity index is 359. The Labute approximate surface area is 93.0 Å².